The molecule has 0 aliphatic heterocycles. The van der Waals surface area contributed by atoms with E-state index < -0.39 is 0 Å². The molecular weight excluding hydrogens is 292 g/mol. The summed E-state index contributed by atoms with van der Waals surface area (Å²) in [5.74, 6) is 0.0189. The molecule has 1 unspecified atom stereocenters. The van der Waals surface area contributed by atoms with Gasteiger partial charge in [0.2, 0.25) is 0 Å². The first-order valence-corrected chi connectivity index (χ1v) is 8.48. The topological polar surface area (TPSA) is 52.6 Å². The second-order valence-corrected chi connectivity index (χ2v) is 5.89. The maximum Gasteiger partial charge on any atom is 0.311 e. The lowest BCUT2D eigenvalue weighted by Crippen LogP contribution is -2.15. The fourth-order valence-corrected chi connectivity index (χ4v) is 2.25. The van der Waals surface area contributed by atoms with E-state index in [0.29, 0.717) is 12.2 Å². The lowest BCUT2D eigenvalue weighted by molar-refractivity contribution is -0.148. The summed E-state index contributed by atoms with van der Waals surface area (Å²) in [5.41, 5.74) is 0.918. The van der Waals surface area contributed by atoms with Gasteiger partial charge in [0.1, 0.15) is 5.75 Å². The fraction of sp³-hybridized carbons (Fsp3) is 0.579. The average Bonchev–Trinajstić information content (AvgIpc) is 2.50. The smallest absolute Gasteiger partial charge is 0.311 e. The summed E-state index contributed by atoms with van der Waals surface area (Å²) in [6.07, 6.45) is 5.16. The molecule has 23 heavy (non-hydrogen) atoms. The number of esters is 2. The molecule has 0 N–H and O–H groups in total. The van der Waals surface area contributed by atoms with Crippen molar-refractivity contribution < 1.29 is 19.1 Å². The van der Waals surface area contributed by atoms with Crippen LogP contribution in [0, 0.1) is 6.92 Å². The lowest BCUT2D eigenvalue weighted by atomic mass is 10.1. The first-order chi connectivity index (χ1) is 11.0. The molecule has 0 saturated heterocycles. The summed E-state index contributed by atoms with van der Waals surface area (Å²) in [6, 6.07) is 7.37. The third-order valence-corrected chi connectivity index (χ3v) is 3.63. The van der Waals surface area contributed by atoms with Crippen LogP contribution in [-0.2, 0) is 14.3 Å². The Kier molecular flexibility index (Phi) is 9.03. The Bertz CT molecular complexity index is 496. The van der Waals surface area contributed by atoms with Gasteiger partial charge < -0.3 is 9.47 Å². The number of rotatable bonds is 10. The van der Waals surface area contributed by atoms with Crippen molar-refractivity contribution in [2.24, 2.45) is 0 Å². The number of ether oxygens (including phenoxy) is 2. The van der Waals surface area contributed by atoms with Gasteiger partial charge in [0.05, 0.1) is 6.10 Å². The van der Waals surface area contributed by atoms with E-state index >= 15 is 0 Å². The molecular formula is C19H28O4. The molecule has 0 aliphatic carbocycles. The van der Waals surface area contributed by atoms with Crippen LogP contribution in [0.1, 0.15) is 64.4 Å². The van der Waals surface area contributed by atoms with Crippen LogP contribution < -0.4 is 4.74 Å². The fourth-order valence-electron chi connectivity index (χ4n) is 2.25. The molecule has 0 aliphatic rings. The monoisotopic (exact) mass is 320 g/mol. The van der Waals surface area contributed by atoms with Crippen molar-refractivity contribution >= 4 is 11.9 Å². The Balaban J connectivity index is 2.19. The summed E-state index contributed by atoms with van der Waals surface area (Å²) in [7, 11) is 0. The Morgan fingerprint density at radius 2 is 1.74 bits per heavy atom. The van der Waals surface area contributed by atoms with Gasteiger partial charge in [-0.2, -0.15) is 0 Å². The van der Waals surface area contributed by atoms with Gasteiger partial charge in [-0.05, 0) is 44.7 Å². The number of aryl methyl sites for hydroxylation is 1. The predicted molar refractivity (Wildman–Crippen MR) is 90.4 cm³/mol. The van der Waals surface area contributed by atoms with E-state index in [-0.39, 0.29) is 30.9 Å². The highest BCUT2D eigenvalue weighted by atomic mass is 16.5. The maximum atomic E-state index is 11.8. The maximum absolute atomic E-state index is 11.8. The third kappa shape index (κ3) is 8.38. The minimum atomic E-state index is -0.317. The molecule has 0 spiro atoms. The molecule has 0 aromatic heterocycles. The molecule has 1 aromatic carbocycles. The van der Waals surface area contributed by atoms with E-state index in [9.17, 15) is 9.59 Å². The first kappa shape index (κ1) is 19.2. The van der Waals surface area contributed by atoms with Gasteiger partial charge in [-0.1, -0.05) is 38.0 Å². The van der Waals surface area contributed by atoms with E-state index in [1.165, 1.54) is 0 Å². The van der Waals surface area contributed by atoms with Crippen LogP contribution in [-0.4, -0.2) is 18.0 Å². The summed E-state index contributed by atoms with van der Waals surface area (Å²) < 4.78 is 10.6. The van der Waals surface area contributed by atoms with Gasteiger partial charge in [-0.25, -0.2) is 0 Å². The SMILES string of the molecule is CCCCCC(C)OC(=O)CCCC(=O)Oc1ccccc1C. The van der Waals surface area contributed by atoms with Crippen molar-refractivity contribution in [1.82, 2.24) is 0 Å². The molecule has 0 saturated carbocycles. The van der Waals surface area contributed by atoms with E-state index in [2.05, 4.69) is 6.92 Å². The zero-order valence-corrected chi connectivity index (χ0v) is 14.5. The van der Waals surface area contributed by atoms with Crippen molar-refractivity contribution in [2.45, 2.75) is 71.8 Å². The third-order valence-electron chi connectivity index (χ3n) is 3.63. The quantitative estimate of drug-likeness (QED) is 0.359. The van der Waals surface area contributed by atoms with E-state index in [1.54, 1.807) is 6.07 Å². The Morgan fingerprint density at radius 1 is 1.04 bits per heavy atom. The van der Waals surface area contributed by atoms with E-state index in [1.807, 2.05) is 32.0 Å². The van der Waals surface area contributed by atoms with Gasteiger partial charge >= 0.3 is 11.9 Å². The number of hydrogen-bond donors (Lipinski definition) is 0. The molecule has 1 aromatic rings. The highest BCUT2D eigenvalue weighted by Crippen LogP contribution is 2.17. The number of unbranched alkanes of at least 4 members (excludes halogenated alkanes) is 2. The second-order valence-electron chi connectivity index (χ2n) is 5.89. The molecule has 0 heterocycles. The van der Waals surface area contributed by atoms with Crippen LogP contribution in [0.4, 0.5) is 0 Å². The molecule has 0 radical (unpaired) electrons. The van der Waals surface area contributed by atoms with Gasteiger partial charge in [0, 0.05) is 12.8 Å². The number of benzene rings is 1. The van der Waals surface area contributed by atoms with Gasteiger partial charge in [-0.15, -0.1) is 0 Å². The largest absolute Gasteiger partial charge is 0.463 e. The normalized spacial score (nSPS) is 11.8. The second kappa shape index (κ2) is 10.8. The van der Waals surface area contributed by atoms with Crippen LogP contribution in [0.25, 0.3) is 0 Å². The zero-order chi connectivity index (χ0) is 17.1. The minimum Gasteiger partial charge on any atom is -0.463 e. The number of carbonyl (C=O) groups is 2. The predicted octanol–water partition coefficient (Wildman–Crippen LogP) is 4.58. The highest BCUT2D eigenvalue weighted by Gasteiger charge is 2.12. The zero-order valence-electron chi connectivity index (χ0n) is 14.5. The van der Waals surface area contributed by atoms with E-state index in [0.717, 1.165) is 31.2 Å². The Morgan fingerprint density at radius 3 is 2.43 bits per heavy atom. The Labute approximate surface area is 139 Å². The minimum absolute atomic E-state index is 0.0482. The van der Waals surface area contributed by atoms with E-state index in [4.69, 9.17) is 9.47 Å². The number of hydrogen-bond acceptors (Lipinski definition) is 4. The standard InChI is InChI=1S/C19H28O4/c1-4-5-6-11-16(3)22-18(20)13-9-14-19(21)23-17-12-8-7-10-15(17)2/h7-8,10,12,16H,4-6,9,11,13-14H2,1-3H3. The molecule has 4 heteroatoms. The summed E-state index contributed by atoms with van der Waals surface area (Å²) >= 11 is 0. The van der Waals surface area contributed by atoms with Crippen LogP contribution in [0.3, 0.4) is 0 Å². The van der Waals surface area contributed by atoms with Crippen molar-refractivity contribution in [3.63, 3.8) is 0 Å². The highest BCUT2D eigenvalue weighted by molar-refractivity contribution is 5.74. The van der Waals surface area contributed by atoms with Crippen LogP contribution >= 0.6 is 0 Å². The molecule has 4 nitrogen and oxygen atoms in total. The summed E-state index contributed by atoms with van der Waals surface area (Å²) in [6.45, 7) is 5.95. The van der Waals surface area contributed by atoms with Crippen LogP contribution in [0.2, 0.25) is 0 Å². The number of para-hydroxylation sites is 1. The number of carbonyl (C=O) groups excluding carboxylic acids is 2. The molecule has 0 amide bonds. The Hall–Kier alpha value is -1.84. The lowest BCUT2D eigenvalue weighted by Gasteiger charge is -2.12. The van der Waals surface area contributed by atoms with Gasteiger partial charge in [0.15, 0.2) is 0 Å². The summed E-state index contributed by atoms with van der Waals surface area (Å²) in [4.78, 5) is 23.5. The molecule has 1 atom stereocenters. The first-order valence-electron chi connectivity index (χ1n) is 8.48. The summed E-state index contributed by atoms with van der Waals surface area (Å²) in [5, 5.41) is 0. The average molecular weight is 320 g/mol. The van der Waals surface area contributed by atoms with Gasteiger partial charge in [-0.3, -0.25) is 9.59 Å². The molecule has 0 fully saturated rings. The van der Waals surface area contributed by atoms with Gasteiger partial charge in [0.25, 0.3) is 0 Å². The van der Waals surface area contributed by atoms with Crippen molar-refractivity contribution in [2.75, 3.05) is 0 Å². The van der Waals surface area contributed by atoms with Crippen LogP contribution in [0.15, 0.2) is 24.3 Å². The van der Waals surface area contributed by atoms with Crippen molar-refractivity contribution in [1.29, 1.82) is 0 Å². The van der Waals surface area contributed by atoms with Crippen molar-refractivity contribution in [3.05, 3.63) is 29.8 Å². The molecule has 0 bridgehead atoms. The van der Waals surface area contributed by atoms with Crippen LogP contribution in [0.5, 0.6) is 5.75 Å². The molecule has 128 valence electrons. The van der Waals surface area contributed by atoms with Crippen molar-refractivity contribution in [3.8, 4) is 5.75 Å². The molecule has 1 rings (SSSR count).